The molecule has 4 rings (SSSR count). The van der Waals surface area contributed by atoms with E-state index in [4.69, 9.17) is 0 Å². The van der Waals surface area contributed by atoms with Crippen LogP contribution in [0.2, 0.25) is 0 Å². The molecule has 2 N–H and O–H groups in total. The highest BCUT2D eigenvalue weighted by Crippen LogP contribution is 2.30. The van der Waals surface area contributed by atoms with Crippen LogP contribution in [0.4, 0.5) is 23.7 Å². The molecule has 1 aliphatic rings. The molecule has 0 aliphatic carbocycles. The standard InChI is InChI=1S/C25H18F3N3O3/c26-25(27,28)19-7-4-8-20(14-19)29-22(32)18-11-9-17(10-12-18)15-31-23(33)21(30-24(31)34)13-16-5-2-1-3-6-16/h1-14H,15H2,(H,29,32)(H,30,34)/b21-13-. The Labute approximate surface area is 192 Å². The van der Waals surface area contributed by atoms with Crippen molar-refractivity contribution in [1.29, 1.82) is 0 Å². The summed E-state index contributed by atoms with van der Waals surface area (Å²) in [5.74, 6) is -1.06. The Morgan fingerprint density at radius 2 is 1.65 bits per heavy atom. The summed E-state index contributed by atoms with van der Waals surface area (Å²) in [5, 5.41) is 4.98. The van der Waals surface area contributed by atoms with Crippen molar-refractivity contribution < 1.29 is 27.6 Å². The number of carbonyl (C=O) groups excluding carboxylic acids is 3. The molecule has 1 heterocycles. The van der Waals surface area contributed by atoms with Gasteiger partial charge in [0, 0.05) is 11.3 Å². The largest absolute Gasteiger partial charge is 0.416 e. The molecule has 0 spiro atoms. The number of hydrogen-bond donors (Lipinski definition) is 2. The molecule has 172 valence electrons. The molecule has 34 heavy (non-hydrogen) atoms. The highest BCUT2D eigenvalue weighted by Gasteiger charge is 2.33. The predicted molar refractivity (Wildman–Crippen MR) is 119 cm³/mol. The van der Waals surface area contributed by atoms with Gasteiger partial charge in [-0.2, -0.15) is 13.2 Å². The van der Waals surface area contributed by atoms with E-state index in [0.717, 1.165) is 22.6 Å². The van der Waals surface area contributed by atoms with Gasteiger partial charge in [0.25, 0.3) is 11.8 Å². The molecular formula is C25H18F3N3O3. The van der Waals surface area contributed by atoms with Gasteiger partial charge in [0.05, 0.1) is 12.1 Å². The van der Waals surface area contributed by atoms with Gasteiger partial charge in [-0.05, 0) is 47.5 Å². The fourth-order valence-electron chi connectivity index (χ4n) is 3.35. The number of anilines is 1. The summed E-state index contributed by atoms with van der Waals surface area (Å²) >= 11 is 0. The number of halogens is 3. The van der Waals surface area contributed by atoms with Crippen LogP contribution in [0.1, 0.15) is 27.0 Å². The van der Waals surface area contributed by atoms with Crippen molar-refractivity contribution in [2.45, 2.75) is 12.7 Å². The number of urea groups is 1. The maximum Gasteiger partial charge on any atom is 0.416 e. The minimum Gasteiger partial charge on any atom is -0.322 e. The Balaban J connectivity index is 1.42. The van der Waals surface area contributed by atoms with E-state index in [1.165, 1.54) is 24.3 Å². The summed E-state index contributed by atoms with van der Waals surface area (Å²) in [7, 11) is 0. The number of carbonyl (C=O) groups is 3. The van der Waals surface area contributed by atoms with Crippen LogP contribution in [0.3, 0.4) is 0 Å². The second-order valence-electron chi connectivity index (χ2n) is 7.52. The van der Waals surface area contributed by atoms with Crippen LogP contribution >= 0.6 is 0 Å². The van der Waals surface area contributed by atoms with Crippen LogP contribution in [-0.4, -0.2) is 22.7 Å². The van der Waals surface area contributed by atoms with Gasteiger partial charge in [-0.3, -0.25) is 14.5 Å². The quantitative estimate of drug-likeness (QED) is 0.409. The van der Waals surface area contributed by atoms with Gasteiger partial charge in [-0.25, -0.2) is 4.79 Å². The number of amides is 4. The van der Waals surface area contributed by atoms with Crippen LogP contribution in [0.15, 0.2) is 84.6 Å². The van der Waals surface area contributed by atoms with E-state index in [0.29, 0.717) is 5.56 Å². The fourth-order valence-corrected chi connectivity index (χ4v) is 3.35. The molecule has 1 aliphatic heterocycles. The van der Waals surface area contributed by atoms with Crippen LogP contribution < -0.4 is 10.6 Å². The summed E-state index contributed by atoms with van der Waals surface area (Å²) in [5.41, 5.74) is 0.886. The van der Waals surface area contributed by atoms with Crippen molar-refractivity contribution in [3.8, 4) is 0 Å². The predicted octanol–water partition coefficient (Wildman–Crippen LogP) is 5.05. The molecular weight excluding hydrogens is 447 g/mol. The molecule has 0 aromatic heterocycles. The summed E-state index contributed by atoms with van der Waals surface area (Å²) in [6.45, 7) is -0.00762. The number of hydrogen-bond acceptors (Lipinski definition) is 3. The van der Waals surface area contributed by atoms with Gasteiger partial charge in [0.2, 0.25) is 0 Å². The van der Waals surface area contributed by atoms with Gasteiger partial charge in [0.1, 0.15) is 5.70 Å². The number of imide groups is 1. The Kier molecular flexibility index (Phi) is 6.18. The van der Waals surface area contributed by atoms with Gasteiger partial charge >= 0.3 is 12.2 Å². The normalized spacial score (nSPS) is 14.9. The van der Waals surface area contributed by atoms with Gasteiger partial charge in [0.15, 0.2) is 0 Å². The average Bonchev–Trinajstić information content (AvgIpc) is 3.07. The summed E-state index contributed by atoms with van der Waals surface area (Å²) in [6.07, 6.45) is -2.93. The zero-order valence-electron chi connectivity index (χ0n) is 17.6. The number of nitrogens with zero attached hydrogens (tertiary/aromatic N) is 1. The number of benzene rings is 3. The molecule has 0 radical (unpaired) electrons. The van der Waals surface area contributed by atoms with E-state index in [1.807, 2.05) is 18.2 Å². The third-order valence-corrected chi connectivity index (χ3v) is 5.08. The van der Waals surface area contributed by atoms with E-state index in [-0.39, 0.29) is 23.5 Å². The molecule has 3 aromatic carbocycles. The minimum atomic E-state index is -4.52. The molecule has 1 fully saturated rings. The lowest BCUT2D eigenvalue weighted by Crippen LogP contribution is -2.30. The highest BCUT2D eigenvalue weighted by atomic mass is 19.4. The van der Waals surface area contributed by atoms with Crippen molar-refractivity contribution in [2.24, 2.45) is 0 Å². The molecule has 6 nitrogen and oxygen atoms in total. The van der Waals surface area contributed by atoms with Crippen molar-refractivity contribution >= 4 is 29.6 Å². The number of rotatable bonds is 5. The molecule has 0 unspecified atom stereocenters. The zero-order chi connectivity index (χ0) is 24.3. The van der Waals surface area contributed by atoms with Crippen LogP contribution in [0.25, 0.3) is 6.08 Å². The van der Waals surface area contributed by atoms with Crippen molar-refractivity contribution in [3.05, 3.63) is 107 Å². The van der Waals surface area contributed by atoms with Crippen LogP contribution in [0, 0.1) is 0 Å². The maximum absolute atomic E-state index is 12.9. The van der Waals surface area contributed by atoms with E-state index in [1.54, 1.807) is 30.3 Å². The molecule has 0 atom stereocenters. The van der Waals surface area contributed by atoms with E-state index in [9.17, 15) is 27.6 Å². The zero-order valence-corrected chi connectivity index (χ0v) is 17.6. The molecule has 9 heteroatoms. The lowest BCUT2D eigenvalue weighted by molar-refractivity contribution is -0.137. The Bertz CT molecular complexity index is 1270. The first-order valence-corrected chi connectivity index (χ1v) is 10.2. The van der Waals surface area contributed by atoms with E-state index < -0.39 is 29.6 Å². The Morgan fingerprint density at radius 1 is 0.941 bits per heavy atom. The monoisotopic (exact) mass is 465 g/mol. The first-order valence-electron chi connectivity index (χ1n) is 10.2. The first kappa shape index (κ1) is 22.8. The highest BCUT2D eigenvalue weighted by molar-refractivity contribution is 6.13. The Hall–Kier alpha value is -4.40. The second-order valence-corrected chi connectivity index (χ2v) is 7.52. The SMILES string of the molecule is O=C(Nc1cccc(C(F)(F)F)c1)c1ccc(CN2C(=O)N/C(=C\c3ccccc3)C2=O)cc1. The van der Waals surface area contributed by atoms with Gasteiger partial charge in [-0.1, -0.05) is 48.5 Å². The fraction of sp³-hybridized carbons (Fsp3) is 0.0800. The van der Waals surface area contributed by atoms with E-state index >= 15 is 0 Å². The topological polar surface area (TPSA) is 78.5 Å². The summed E-state index contributed by atoms with van der Waals surface area (Å²) in [6, 6.07) is 18.9. The lowest BCUT2D eigenvalue weighted by atomic mass is 10.1. The lowest BCUT2D eigenvalue weighted by Gasteiger charge is -2.13. The second kappa shape index (κ2) is 9.22. The van der Waals surface area contributed by atoms with Crippen molar-refractivity contribution in [1.82, 2.24) is 10.2 Å². The molecule has 0 saturated carbocycles. The maximum atomic E-state index is 12.9. The minimum absolute atomic E-state index is 0.00762. The number of alkyl halides is 3. The third-order valence-electron chi connectivity index (χ3n) is 5.08. The summed E-state index contributed by atoms with van der Waals surface area (Å²) in [4.78, 5) is 38.4. The molecule has 4 amide bonds. The van der Waals surface area contributed by atoms with Crippen molar-refractivity contribution in [3.63, 3.8) is 0 Å². The third kappa shape index (κ3) is 5.15. The smallest absolute Gasteiger partial charge is 0.322 e. The molecule has 3 aromatic rings. The average molecular weight is 465 g/mol. The Morgan fingerprint density at radius 3 is 2.32 bits per heavy atom. The van der Waals surface area contributed by atoms with Gasteiger partial charge < -0.3 is 10.6 Å². The van der Waals surface area contributed by atoms with Crippen LogP contribution in [-0.2, 0) is 17.5 Å². The van der Waals surface area contributed by atoms with Gasteiger partial charge in [-0.15, -0.1) is 0 Å². The first-order chi connectivity index (χ1) is 16.2. The van der Waals surface area contributed by atoms with Crippen LogP contribution in [0.5, 0.6) is 0 Å². The van der Waals surface area contributed by atoms with E-state index in [2.05, 4.69) is 10.6 Å². The molecule has 1 saturated heterocycles. The summed E-state index contributed by atoms with van der Waals surface area (Å²) < 4.78 is 38.6. The molecule has 0 bridgehead atoms. The number of nitrogens with one attached hydrogen (secondary N) is 2. The van der Waals surface area contributed by atoms with Crippen molar-refractivity contribution in [2.75, 3.05) is 5.32 Å².